The van der Waals surface area contributed by atoms with Gasteiger partial charge in [-0.25, -0.2) is 4.68 Å². The van der Waals surface area contributed by atoms with Gasteiger partial charge in [-0.15, -0.1) is 0 Å². The van der Waals surface area contributed by atoms with Gasteiger partial charge >= 0.3 is 0 Å². The fourth-order valence-corrected chi connectivity index (χ4v) is 2.98. The van der Waals surface area contributed by atoms with Crippen LogP contribution in [0.3, 0.4) is 0 Å². The highest BCUT2D eigenvalue weighted by molar-refractivity contribution is 5.79. The fraction of sp³-hybridized carbons (Fsp3) is 0.273. The van der Waals surface area contributed by atoms with Gasteiger partial charge in [0.05, 0.1) is 25.0 Å². The Kier molecular flexibility index (Phi) is 6.68. The first-order valence-corrected chi connectivity index (χ1v) is 9.43. The first kappa shape index (κ1) is 19.5. The van der Waals surface area contributed by atoms with Crippen molar-refractivity contribution in [2.75, 3.05) is 14.2 Å². The van der Waals surface area contributed by atoms with Crippen LogP contribution in [-0.4, -0.2) is 29.9 Å². The molecule has 0 radical (unpaired) electrons. The van der Waals surface area contributed by atoms with Crippen molar-refractivity contribution in [2.45, 2.75) is 26.4 Å². The van der Waals surface area contributed by atoms with E-state index in [1.807, 2.05) is 41.2 Å². The molecule has 2 N–H and O–H groups in total. The lowest BCUT2D eigenvalue weighted by molar-refractivity contribution is 0.414. The van der Waals surface area contributed by atoms with Gasteiger partial charge in [-0.2, -0.15) is 5.10 Å². The van der Waals surface area contributed by atoms with Crippen LogP contribution in [0.2, 0.25) is 0 Å². The summed E-state index contributed by atoms with van der Waals surface area (Å²) in [5, 5.41) is 11.3. The molecule has 0 amide bonds. The van der Waals surface area contributed by atoms with Crippen molar-refractivity contribution in [2.24, 2.45) is 4.99 Å². The number of guanidine groups is 1. The Bertz CT molecular complexity index is 915. The molecule has 0 aliphatic heterocycles. The quantitative estimate of drug-likeness (QED) is 0.490. The van der Waals surface area contributed by atoms with E-state index in [0.29, 0.717) is 6.54 Å². The lowest BCUT2D eigenvalue weighted by Gasteiger charge is -2.13. The molecule has 0 unspecified atom stereocenters. The molecule has 0 aliphatic rings. The van der Waals surface area contributed by atoms with Crippen molar-refractivity contribution < 1.29 is 4.74 Å². The SMILES string of the molecule is CCc1ccccc1CNC(=NC)NCc1ccn(-c2ccc(OC)cc2)n1. The second kappa shape index (κ2) is 9.60. The van der Waals surface area contributed by atoms with E-state index in [-0.39, 0.29) is 0 Å². The molecular formula is C22H27N5O. The topological polar surface area (TPSA) is 63.5 Å². The minimum Gasteiger partial charge on any atom is -0.497 e. The molecule has 3 aromatic rings. The summed E-state index contributed by atoms with van der Waals surface area (Å²) in [7, 11) is 3.44. The van der Waals surface area contributed by atoms with Gasteiger partial charge in [0, 0.05) is 19.8 Å². The molecular weight excluding hydrogens is 350 g/mol. The van der Waals surface area contributed by atoms with Crippen LogP contribution >= 0.6 is 0 Å². The molecule has 0 saturated carbocycles. The maximum absolute atomic E-state index is 5.20. The third kappa shape index (κ3) is 4.91. The van der Waals surface area contributed by atoms with E-state index in [1.54, 1.807) is 14.2 Å². The van der Waals surface area contributed by atoms with Crippen molar-refractivity contribution in [1.82, 2.24) is 20.4 Å². The summed E-state index contributed by atoms with van der Waals surface area (Å²) < 4.78 is 7.05. The molecule has 2 aromatic carbocycles. The molecule has 0 atom stereocenters. The van der Waals surface area contributed by atoms with Crippen molar-refractivity contribution in [3.63, 3.8) is 0 Å². The third-order valence-electron chi connectivity index (χ3n) is 4.59. The first-order chi connectivity index (χ1) is 13.7. The summed E-state index contributed by atoms with van der Waals surface area (Å²) in [6.07, 6.45) is 2.97. The van der Waals surface area contributed by atoms with Gasteiger partial charge in [-0.1, -0.05) is 31.2 Å². The van der Waals surface area contributed by atoms with Crippen LogP contribution < -0.4 is 15.4 Å². The van der Waals surface area contributed by atoms with Gasteiger partial charge in [-0.3, -0.25) is 4.99 Å². The minimum atomic E-state index is 0.595. The van der Waals surface area contributed by atoms with Gasteiger partial charge < -0.3 is 15.4 Å². The number of aryl methyl sites for hydroxylation is 1. The zero-order valence-corrected chi connectivity index (χ0v) is 16.6. The molecule has 0 aliphatic carbocycles. The number of nitrogens with one attached hydrogen (secondary N) is 2. The molecule has 6 nitrogen and oxygen atoms in total. The number of rotatable bonds is 7. The number of ether oxygens (including phenoxy) is 1. The molecule has 1 aromatic heterocycles. The zero-order chi connectivity index (χ0) is 19.8. The van der Waals surface area contributed by atoms with Crippen LogP contribution in [0.5, 0.6) is 5.75 Å². The van der Waals surface area contributed by atoms with E-state index in [1.165, 1.54) is 11.1 Å². The van der Waals surface area contributed by atoms with Crippen molar-refractivity contribution in [3.05, 3.63) is 77.6 Å². The normalized spacial score (nSPS) is 11.3. The number of benzene rings is 2. The fourth-order valence-electron chi connectivity index (χ4n) is 2.98. The van der Waals surface area contributed by atoms with Crippen molar-refractivity contribution >= 4 is 5.96 Å². The number of hydrogen-bond donors (Lipinski definition) is 2. The Labute approximate surface area is 166 Å². The minimum absolute atomic E-state index is 0.595. The van der Waals surface area contributed by atoms with Gasteiger partial charge in [-0.05, 0) is 47.9 Å². The average Bonchev–Trinajstić information content (AvgIpc) is 3.23. The summed E-state index contributed by atoms with van der Waals surface area (Å²) in [6, 6.07) is 18.3. The Morgan fingerprint density at radius 3 is 2.39 bits per heavy atom. The molecule has 0 spiro atoms. The number of hydrogen-bond acceptors (Lipinski definition) is 3. The maximum atomic E-state index is 5.20. The smallest absolute Gasteiger partial charge is 0.191 e. The molecule has 6 heteroatoms. The van der Waals surface area contributed by atoms with Gasteiger partial charge in [0.15, 0.2) is 5.96 Å². The number of aliphatic imine (C=N–C) groups is 1. The van der Waals surface area contributed by atoms with Gasteiger partial charge in [0.1, 0.15) is 5.75 Å². The zero-order valence-electron chi connectivity index (χ0n) is 16.6. The molecule has 0 saturated heterocycles. The Hall–Kier alpha value is -3.28. The maximum Gasteiger partial charge on any atom is 0.191 e. The summed E-state index contributed by atoms with van der Waals surface area (Å²) in [5.74, 6) is 1.59. The summed E-state index contributed by atoms with van der Waals surface area (Å²) in [4.78, 5) is 4.30. The van der Waals surface area contributed by atoms with E-state index in [9.17, 15) is 0 Å². The molecule has 146 valence electrons. The summed E-state index contributed by atoms with van der Waals surface area (Å²) in [6.45, 7) is 3.51. The second-order valence-corrected chi connectivity index (χ2v) is 6.35. The Balaban J connectivity index is 1.56. The molecule has 0 fully saturated rings. The predicted octanol–water partition coefficient (Wildman–Crippen LogP) is 3.31. The highest BCUT2D eigenvalue weighted by atomic mass is 16.5. The van der Waals surface area contributed by atoms with E-state index < -0.39 is 0 Å². The van der Waals surface area contributed by atoms with E-state index in [4.69, 9.17) is 4.74 Å². The van der Waals surface area contributed by atoms with Crippen LogP contribution in [0.4, 0.5) is 0 Å². The third-order valence-corrected chi connectivity index (χ3v) is 4.59. The number of aromatic nitrogens is 2. The second-order valence-electron chi connectivity index (χ2n) is 6.35. The largest absolute Gasteiger partial charge is 0.497 e. The lowest BCUT2D eigenvalue weighted by atomic mass is 10.1. The Morgan fingerprint density at radius 2 is 1.71 bits per heavy atom. The number of methoxy groups -OCH3 is 1. The van der Waals surface area contributed by atoms with E-state index in [2.05, 4.69) is 51.9 Å². The standard InChI is InChI=1S/C22H27N5O/c1-4-17-7-5-6-8-18(17)15-24-22(23-2)25-16-19-13-14-27(26-19)20-9-11-21(28-3)12-10-20/h5-14H,4,15-16H2,1-3H3,(H2,23,24,25). The molecule has 28 heavy (non-hydrogen) atoms. The summed E-state index contributed by atoms with van der Waals surface area (Å²) >= 11 is 0. The lowest BCUT2D eigenvalue weighted by Crippen LogP contribution is -2.36. The van der Waals surface area contributed by atoms with Crippen molar-refractivity contribution in [3.8, 4) is 11.4 Å². The van der Waals surface area contributed by atoms with E-state index >= 15 is 0 Å². The average molecular weight is 377 g/mol. The van der Waals surface area contributed by atoms with Gasteiger partial charge in [0.25, 0.3) is 0 Å². The van der Waals surface area contributed by atoms with E-state index in [0.717, 1.165) is 36.1 Å². The van der Waals surface area contributed by atoms with Crippen LogP contribution in [0, 0.1) is 0 Å². The number of nitrogens with zero attached hydrogens (tertiary/aromatic N) is 3. The highest BCUT2D eigenvalue weighted by Gasteiger charge is 2.05. The van der Waals surface area contributed by atoms with Crippen LogP contribution in [0.15, 0.2) is 65.8 Å². The first-order valence-electron chi connectivity index (χ1n) is 9.43. The molecule has 3 rings (SSSR count). The molecule has 1 heterocycles. The van der Waals surface area contributed by atoms with Gasteiger partial charge in [0.2, 0.25) is 0 Å². The predicted molar refractivity (Wildman–Crippen MR) is 113 cm³/mol. The van der Waals surface area contributed by atoms with Crippen molar-refractivity contribution in [1.29, 1.82) is 0 Å². The van der Waals surface area contributed by atoms with Crippen LogP contribution in [0.1, 0.15) is 23.7 Å². The van der Waals surface area contributed by atoms with Crippen LogP contribution in [0.25, 0.3) is 5.69 Å². The van der Waals surface area contributed by atoms with Crippen LogP contribution in [-0.2, 0) is 19.5 Å². The summed E-state index contributed by atoms with van der Waals surface area (Å²) in [5.41, 5.74) is 4.57. The molecule has 0 bridgehead atoms. The monoisotopic (exact) mass is 377 g/mol. The Morgan fingerprint density at radius 1 is 1.00 bits per heavy atom. The highest BCUT2D eigenvalue weighted by Crippen LogP contribution is 2.14.